The highest BCUT2D eigenvalue weighted by Gasteiger charge is 2.37. The largest absolute Gasteiger partial charge is 0.480 e. The second-order valence-corrected chi connectivity index (χ2v) is 26.4. The number of nitrogens with two attached hydrogens (primary N) is 6. The van der Waals surface area contributed by atoms with Crippen LogP contribution >= 0.6 is 24.4 Å². The third-order valence-corrected chi connectivity index (χ3v) is 15.8. The van der Waals surface area contributed by atoms with Gasteiger partial charge in [-0.05, 0) is 119 Å². The van der Waals surface area contributed by atoms with E-state index >= 15 is 0 Å². The Bertz CT molecular complexity index is 2640. The van der Waals surface area contributed by atoms with Crippen LogP contribution in [0.1, 0.15) is 132 Å². The van der Waals surface area contributed by atoms with E-state index in [9.17, 15) is 82.4 Å². The van der Waals surface area contributed by atoms with E-state index in [0.29, 0.717) is 25.0 Å². The number of carboxylic acid groups (broad SMARTS) is 1. The Morgan fingerprint density at radius 1 is 0.449 bits per heavy atom. The Morgan fingerprint density at radius 3 is 1.23 bits per heavy atom. The van der Waals surface area contributed by atoms with Gasteiger partial charge >= 0.3 is 5.97 Å². The summed E-state index contributed by atoms with van der Waals surface area (Å²) in [6.45, 7) is 10.8. The highest BCUT2D eigenvalue weighted by molar-refractivity contribution is 7.98. The first-order valence-corrected chi connectivity index (χ1v) is 34.7. The molecule has 0 unspecified atom stereocenters. The van der Waals surface area contributed by atoms with Gasteiger partial charge in [-0.3, -0.25) is 67.3 Å². The van der Waals surface area contributed by atoms with Gasteiger partial charge in [-0.25, -0.2) is 4.79 Å². The molecule has 0 aliphatic carbocycles. The first-order valence-electron chi connectivity index (χ1n) is 32.7. The molecule has 0 saturated heterocycles. The number of unbranched alkanes of at least 4 members (excludes halogenated alkanes) is 2. The van der Waals surface area contributed by atoms with Crippen molar-refractivity contribution in [2.24, 2.45) is 63.1 Å². The number of thiol groups is 1. The Balaban J connectivity index is 6.53. The van der Waals surface area contributed by atoms with E-state index < -0.39 is 193 Å². The van der Waals surface area contributed by atoms with Gasteiger partial charge in [0.2, 0.25) is 76.8 Å². The van der Waals surface area contributed by atoms with Gasteiger partial charge in [0, 0.05) is 12.3 Å². The van der Waals surface area contributed by atoms with Crippen LogP contribution in [-0.4, -0.2) is 234 Å². The second kappa shape index (κ2) is 49.0. The number of aliphatic imine (C=N–C) groups is 1. The molecule has 560 valence electrons. The molecule has 98 heavy (non-hydrogen) atoms. The minimum absolute atomic E-state index is 0.00175. The number of carboxylic acids is 1. The van der Waals surface area contributed by atoms with Gasteiger partial charge < -0.3 is 114 Å². The molecule has 0 heterocycles. The molecule has 0 fully saturated rings. The SMILES string of the molecule is CSCC[C@H](N)C(=O)N[C@@H](CC(N)=O)C(=O)N[C@@H](CCCCN)C(=O)N[C@@H](CCCN=C(N)N)C(=O)NCC(=O)N[C@H](C(=O)N[C@@H](CCCCN)C(=O)N[C@@H](CO)C(=O)N[C@@H](CC(C)C)C(=O)N[C@@H](CO)C(=O)N[C@@H](CS)C(=O)N[C@@H](CC(C)C)C(=O)N[C@H](C(=O)O)C(C)C)C(C)C. The summed E-state index contributed by atoms with van der Waals surface area (Å²) in [6, 6.07) is -17.1. The maximum Gasteiger partial charge on any atom is 0.326 e. The lowest BCUT2D eigenvalue weighted by molar-refractivity contribution is -0.143. The van der Waals surface area contributed by atoms with Crippen LogP contribution in [-0.2, 0) is 67.1 Å². The monoisotopic (exact) mass is 1430 g/mol. The number of nitrogens with one attached hydrogen (secondary N) is 12. The molecule has 0 spiro atoms. The van der Waals surface area contributed by atoms with Gasteiger partial charge in [0.25, 0.3) is 0 Å². The number of hydrogen-bond donors (Lipinski definition) is 22. The van der Waals surface area contributed by atoms with Crippen molar-refractivity contribution < 1.29 is 82.4 Å². The summed E-state index contributed by atoms with van der Waals surface area (Å²) in [5, 5.41) is 59.9. The number of primary amides is 1. The Hall–Kier alpha value is -7.65. The number of carbonyl (C=O) groups excluding carboxylic acids is 13. The molecule has 12 atom stereocenters. The average Bonchev–Trinajstić information content (AvgIpc) is 0.877. The summed E-state index contributed by atoms with van der Waals surface area (Å²) in [5.41, 5.74) is 33.8. The van der Waals surface area contributed by atoms with Crippen LogP contribution < -0.4 is 98.2 Å². The topological polar surface area (TPSA) is 613 Å². The van der Waals surface area contributed by atoms with Crippen LogP contribution in [0.25, 0.3) is 0 Å². The van der Waals surface area contributed by atoms with Crippen LogP contribution in [0.4, 0.5) is 0 Å². The predicted octanol–water partition coefficient (Wildman–Crippen LogP) is -6.89. The maximum atomic E-state index is 14.1. The quantitative estimate of drug-likeness (QED) is 0.0116. The fourth-order valence-corrected chi connectivity index (χ4v) is 10.1. The van der Waals surface area contributed by atoms with Crippen molar-refractivity contribution in [3.8, 4) is 0 Å². The van der Waals surface area contributed by atoms with Gasteiger partial charge in [-0.15, -0.1) is 0 Å². The number of carbonyl (C=O) groups is 14. The maximum absolute atomic E-state index is 14.1. The van der Waals surface area contributed by atoms with Crippen molar-refractivity contribution in [1.82, 2.24) is 63.8 Å². The highest BCUT2D eigenvalue weighted by atomic mass is 32.2. The average molecular weight is 1430 g/mol. The van der Waals surface area contributed by atoms with Crippen LogP contribution in [0.3, 0.4) is 0 Å². The van der Waals surface area contributed by atoms with Crippen LogP contribution in [0.2, 0.25) is 0 Å². The molecule has 0 bridgehead atoms. The lowest BCUT2D eigenvalue weighted by Crippen LogP contribution is -2.61. The van der Waals surface area contributed by atoms with E-state index in [2.05, 4.69) is 81.4 Å². The molecule has 0 radical (unpaired) electrons. The lowest BCUT2D eigenvalue weighted by atomic mass is 10.00. The van der Waals surface area contributed by atoms with Crippen molar-refractivity contribution in [3.05, 3.63) is 0 Å². The zero-order valence-electron chi connectivity index (χ0n) is 57.7. The summed E-state index contributed by atoms with van der Waals surface area (Å²) in [4.78, 5) is 192. The van der Waals surface area contributed by atoms with E-state index in [1.165, 1.54) is 11.8 Å². The number of aliphatic carboxylic acids is 1. The van der Waals surface area contributed by atoms with Crippen molar-refractivity contribution >= 4 is 113 Å². The molecule has 36 nitrogen and oxygen atoms in total. The van der Waals surface area contributed by atoms with E-state index in [1.807, 2.05) is 6.26 Å². The molecule has 0 saturated carbocycles. The Labute approximate surface area is 582 Å². The molecular formula is C60H111N19O17S2. The van der Waals surface area contributed by atoms with E-state index in [4.69, 9.17) is 34.4 Å². The first kappa shape index (κ1) is 90.3. The minimum atomic E-state index is -1.77. The standard InChI is InChI=1S/C60H111N19O17S2/c1-30(2)23-38(52(88)76-42(28-81)56(92)77-43(29-97)57(93)74-39(24-31(3)4)54(90)79-47(33(7)8)59(95)96)73-55(91)41(27-80)75-51(87)37(16-11-13-20-62)71-58(94)46(32(5)6)78-45(83)26-68-49(85)35(17-14-21-67-60(65)66)69-50(86)36(15-10-12-19-61)70-53(89)40(25-44(64)82)72-48(84)34(63)18-22-98-9/h30-43,46-47,80-81,97H,10-29,61-63H2,1-9H3,(H2,64,82)(H,68,85)(H,69,86)(H,70,89)(H,71,94)(H,72,84)(H,73,91)(H,74,93)(H,75,87)(H,76,88)(H,77,92)(H,78,83)(H,79,90)(H,95,96)(H4,65,66,67)/t34-,35-,36-,37-,38-,39-,40-,41-,42-,43-,46-,47-/m0/s1. The first-order chi connectivity index (χ1) is 46.0. The van der Waals surface area contributed by atoms with Crippen molar-refractivity contribution in [3.63, 3.8) is 0 Å². The number of amides is 13. The van der Waals surface area contributed by atoms with Crippen LogP contribution in [0.15, 0.2) is 4.99 Å². The molecule has 27 N–H and O–H groups in total. The zero-order chi connectivity index (χ0) is 74.9. The van der Waals surface area contributed by atoms with Gasteiger partial charge in [0.15, 0.2) is 5.96 Å². The molecule has 0 rings (SSSR count). The van der Waals surface area contributed by atoms with Crippen molar-refractivity contribution in [1.29, 1.82) is 0 Å². The minimum Gasteiger partial charge on any atom is -0.480 e. The van der Waals surface area contributed by atoms with E-state index in [-0.39, 0.29) is 94.5 Å². The molecule has 0 aromatic heterocycles. The number of nitrogens with zero attached hydrogens (tertiary/aromatic N) is 1. The highest BCUT2D eigenvalue weighted by Crippen LogP contribution is 2.13. The Morgan fingerprint density at radius 2 is 0.827 bits per heavy atom. The lowest BCUT2D eigenvalue weighted by Gasteiger charge is -2.28. The number of guanidine groups is 1. The molecule has 0 aliphatic heterocycles. The number of aliphatic hydroxyl groups is 2. The van der Waals surface area contributed by atoms with Gasteiger partial charge in [0.1, 0.15) is 66.5 Å². The molecule has 38 heteroatoms. The molecule has 0 aliphatic rings. The third-order valence-electron chi connectivity index (χ3n) is 14.8. The molecule has 0 aromatic carbocycles. The van der Waals surface area contributed by atoms with E-state index in [0.717, 1.165) is 0 Å². The normalized spacial score (nSPS) is 14.9. The molecule has 0 aromatic rings. The second-order valence-electron chi connectivity index (χ2n) is 25.0. The zero-order valence-corrected chi connectivity index (χ0v) is 59.4. The Kier molecular flexibility index (Phi) is 45.1. The summed E-state index contributed by atoms with van der Waals surface area (Å²) in [6.07, 6.45) is 2.60. The number of thioether (sulfide) groups is 1. The summed E-state index contributed by atoms with van der Waals surface area (Å²) >= 11 is 5.60. The number of rotatable bonds is 51. The van der Waals surface area contributed by atoms with Crippen LogP contribution in [0.5, 0.6) is 0 Å². The summed E-state index contributed by atoms with van der Waals surface area (Å²) in [7, 11) is 0. The van der Waals surface area contributed by atoms with E-state index in [1.54, 1.807) is 55.4 Å². The molecule has 13 amide bonds. The number of aliphatic hydroxyl groups excluding tert-OH is 2. The van der Waals surface area contributed by atoms with Gasteiger partial charge in [-0.1, -0.05) is 55.4 Å². The van der Waals surface area contributed by atoms with Crippen LogP contribution in [0, 0.1) is 23.7 Å². The van der Waals surface area contributed by atoms with Gasteiger partial charge in [-0.2, -0.15) is 24.4 Å². The predicted molar refractivity (Wildman–Crippen MR) is 369 cm³/mol. The smallest absolute Gasteiger partial charge is 0.326 e. The van der Waals surface area contributed by atoms with Gasteiger partial charge in [0.05, 0.1) is 32.2 Å². The number of hydrogen-bond acceptors (Lipinski definition) is 22. The summed E-state index contributed by atoms with van der Waals surface area (Å²) < 4.78 is 0. The fourth-order valence-electron chi connectivity index (χ4n) is 9.33. The summed E-state index contributed by atoms with van der Waals surface area (Å²) in [5.74, 6) is -15.1. The van der Waals surface area contributed by atoms with Crippen molar-refractivity contribution in [2.75, 3.05) is 57.2 Å². The fraction of sp³-hybridized carbons (Fsp3) is 0.750. The molecular weight excluding hydrogens is 1320 g/mol. The van der Waals surface area contributed by atoms with Crippen molar-refractivity contribution in [2.45, 2.75) is 205 Å². The third kappa shape index (κ3) is 36.3.